The molecule has 2 aromatic carbocycles. The summed E-state index contributed by atoms with van der Waals surface area (Å²) in [5.74, 6) is 0.822. The number of aromatic nitrogens is 1. The lowest BCUT2D eigenvalue weighted by molar-refractivity contribution is 0.256. The van der Waals surface area contributed by atoms with Crippen molar-refractivity contribution >= 4 is 38.0 Å². The lowest BCUT2D eigenvalue weighted by Gasteiger charge is -2.23. The molecular formula is C20H21N3O6S. The molecule has 9 nitrogen and oxygen atoms in total. The minimum atomic E-state index is -3.43. The number of sulfone groups is 1. The maximum atomic E-state index is 12.9. The largest absolute Gasteiger partial charge is 0.493 e. The van der Waals surface area contributed by atoms with Gasteiger partial charge < -0.3 is 20.2 Å². The molecule has 0 bridgehead atoms. The Bertz CT molecular complexity index is 1300. The van der Waals surface area contributed by atoms with Crippen molar-refractivity contribution in [1.29, 1.82) is 0 Å². The Balaban J connectivity index is 2.33. The molecule has 0 aliphatic heterocycles. The van der Waals surface area contributed by atoms with Crippen molar-refractivity contribution in [3.8, 4) is 11.5 Å². The number of carbonyl (C=O) groups is 1. The van der Waals surface area contributed by atoms with Crippen molar-refractivity contribution < 1.29 is 22.7 Å². The molecule has 1 heterocycles. The number of hydrogen-bond donors (Lipinski definition) is 2. The lowest BCUT2D eigenvalue weighted by Crippen LogP contribution is -2.35. The van der Waals surface area contributed by atoms with E-state index in [0.717, 1.165) is 11.2 Å². The molecule has 0 unspecified atom stereocenters. The van der Waals surface area contributed by atoms with Gasteiger partial charge in [0.1, 0.15) is 5.69 Å². The number of nitrogens with two attached hydrogens (primary N) is 1. The van der Waals surface area contributed by atoms with Crippen LogP contribution in [0.2, 0.25) is 0 Å². The monoisotopic (exact) mass is 431 g/mol. The minimum Gasteiger partial charge on any atom is -0.493 e. The van der Waals surface area contributed by atoms with Crippen LogP contribution in [0, 0.1) is 6.92 Å². The number of urea groups is 1. The summed E-state index contributed by atoms with van der Waals surface area (Å²) in [6.07, 6.45) is 1.08. The summed E-state index contributed by atoms with van der Waals surface area (Å²) in [7, 11) is -0.480. The first kappa shape index (κ1) is 21.2. The number of nitrogens with one attached hydrogen (secondary N) is 1. The highest BCUT2D eigenvalue weighted by Gasteiger charge is 2.24. The number of hydrogen-bond acceptors (Lipinski definition) is 6. The Morgan fingerprint density at radius 3 is 2.03 bits per heavy atom. The molecule has 0 aliphatic rings. The first-order valence-electron chi connectivity index (χ1n) is 8.76. The van der Waals surface area contributed by atoms with Crippen molar-refractivity contribution in [1.82, 2.24) is 4.98 Å². The van der Waals surface area contributed by atoms with Crippen LogP contribution in [-0.2, 0) is 9.84 Å². The number of H-pyrrole nitrogens is 1. The molecule has 0 saturated carbocycles. The second kappa shape index (κ2) is 7.71. The number of anilines is 2. The predicted molar refractivity (Wildman–Crippen MR) is 114 cm³/mol. The average molecular weight is 431 g/mol. The zero-order chi connectivity index (χ0) is 22.2. The number of amides is 2. The van der Waals surface area contributed by atoms with Gasteiger partial charge in [0.2, 0.25) is 0 Å². The quantitative estimate of drug-likeness (QED) is 0.638. The third-order valence-corrected chi connectivity index (χ3v) is 5.79. The van der Waals surface area contributed by atoms with Gasteiger partial charge in [-0.1, -0.05) is 0 Å². The van der Waals surface area contributed by atoms with Gasteiger partial charge in [0.05, 0.1) is 24.8 Å². The topological polar surface area (TPSA) is 132 Å². The van der Waals surface area contributed by atoms with E-state index in [1.807, 2.05) is 0 Å². The van der Waals surface area contributed by atoms with Gasteiger partial charge in [-0.3, -0.25) is 9.69 Å². The van der Waals surface area contributed by atoms with Crippen LogP contribution >= 0.6 is 0 Å². The van der Waals surface area contributed by atoms with Crippen LogP contribution in [0.3, 0.4) is 0 Å². The summed E-state index contributed by atoms with van der Waals surface area (Å²) < 4.78 is 34.1. The molecule has 0 saturated heterocycles. The fourth-order valence-electron chi connectivity index (χ4n) is 3.24. The van der Waals surface area contributed by atoms with Gasteiger partial charge in [0.15, 0.2) is 21.3 Å². The van der Waals surface area contributed by atoms with Gasteiger partial charge in [-0.15, -0.1) is 0 Å². The summed E-state index contributed by atoms with van der Waals surface area (Å²) >= 11 is 0. The summed E-state index contributed by atoms with van der Waals surface area (Å²) in [6, 6.07) is 7.87. The highest BCUT2D eigenvalue weighted by atomic mass is 32.2. The van der Waals surface area contributed by atoms with E-state index in [-0.39, 0.29) is 16.3 Å². The predicted octanol–water partition coefficient (Wildman–Crippen LogP) is 2.47. The summed E-state index contributed by atoms with van der Waals surface area (Å²) in [5, 5.41) is 1.04. The molecule has 30 heavy (non-hydrogen) atoms. The Hall–Kier alpha value is -3.53. The van der Waals surface area contributed by atoms with Crippen molar-refractivity contribution in [2.75, 3.05) is 25.4 Å². The summed E-state index contributed by atoms with van der Waals surface area (Å²) in [6.45, 7) is 1.72. The van der Waals surface area contributed by atoms with E-state index in [9.17, 15) is 18.0 Å². The van der Waals surface area contributed by atoms with Gasteiger partial charge >= 0.3 is 6.03 Å². The van der Waals surface area contributed by atoms with Gasteiger partial charge in [0, 0.05) is 22.7 Å². The Kier molecular flexibility index (Phi) is 5.45. The Morgan fingerprint density at radius 1 is 1.03 bits per heavy atom. The molecule has 2 amide bonds. The van der Waals surface area contributed by atoms with Crippen LogP contribution in [0.1, 0.15) is 5.69 Å². The minimum absolute atomic E-state index is 0.0174. The Morgan fingerprint density at radius 2 is 1.57 bits per heavy atom. The highest BCUT2D eigenvalue weighted by molar-refractivity contribution is 7.90. The number of fused-ring (bicyclic) bond motifs is 1. The second-order valence-electron chi connectivity index (χ2n) is 6.62. The molecule has 3 N–H and O–H groups in total. The van der Waals surface area contributed by atoms with Crippen LogP contribution in [0.4, 0.5) is 16.2 Å². The number of aryl methyl sites for hydroxylation is 1. The number of aromatic amines is 1. The number of ether oxygens (including phenoxy) is 2. The zero-order valence-electron chi connectivity index (χ0n) is 16.8. The molecule has 3 aromatic rings. The molecule has 3 rings (SSSR count). The van der Waals surface area contributed by atoms with Crippen molar-refractivity contribution in [3.63, 3.8) is 0 Å². The maximum absolute atomic E-state index is 12.9. The van der Waals surface area contributed by atoms with E-state index in [1.165, 1.54) is 38.5 Å². The van der Waals surface area contributed by atoms with Crippen LogP contribution in [0.25, 0.3) is 10.8 Å². The van der Waals surface area contributed by atoms with Gasteiger partial charge in [-0.2, -0.15) is 0 Å². The van der Waals surface area contributed by atoms with E-state index in [4.69, 9.17) is 15.2 Å². The SMILES string of the molecule is COc1cc2c(C)[nH]c(=O)c(N(C(N)=O)c3ccc(S(C)(=O)=O)cc3)c2cc1OC. The third kappa shape index (κ3) is 3.69. The number of nitrogens with zero attached hydrogens (tertiary/aromatic N) is 1. The van der Waals surface area contributed by atoms with Crippen LogP contribution in [0.15, 0.2) is 46.1 Å². The van der Waals surface area contributed by atoms with E-state index < -0.39 is 21.4 Å². The van der Waals surface area contributed by atoms with E-state index in [1.54, 1.807) is 19.1 Å². The number of pyridine rings is 1. The molecule has 0 aliphatic carbocycles. The standard InChI is InChI=1S/C20H21N3O6S/c1-11-14-9-16(28-2)17(29-3)10-15(14)18(19(24)22-11)23(20(21)25)12-5-7-13(8-6-12)30(4,26)27/h5-10H,1-4H3,(H2,21,25)(H,22,24). The lowest BCUT2D eigenvalue weighted by atomic mass is 10.1. The smallest absolute Gasteiger partial charge is 0.324 e. The molecule has 1 aromatic heterocycles. The second-order valence-corrected chi connectivity index (χ2v) is 8.64. The number of benzene rings is 2. The number of methoxy groups -OCH3 is 2. The molecule has 10 heteroatoms. The molecule has 0 radical (unpaired) electrons. The average Bonchev–Trinajstić information content (AvgIpc) is 2.69. The number of primary amides is 1. The van der Waals surface area contributed by atoms with Crippen LogP contribution in [-0.4, -0.2) is 39.9 Å². The maximum Gasteiger partial charge on any atom is 0.324 e. The van der Waals surface area contributed by atoms with E-state index in [2.05, 4.69) is 4.98 Å². The van der Waals surface area contributed by atoms with E-state index >= 15 is 0 Å². The summed E-state index contributed by atoms with van der Waals surface area (Å²) in [4.78, 5) is 29.1. The fourth-order valence-corrected chi connectivity index (χ4v) is 3.87. The molecule has 0 spiro atoms. The first-order chi connectivity index (χ1) is 14.1. The van der Waals surface area contributed by atoms with Gasteiger partial charge in [0.25, 0.3) is 5.56 Å². The molecular weight excluding hydrogens is 410 g/mol. The third-order valence-electron chi connectivity index (χ3n) is 4.67. The fraction of sp³-hybridized carbons (Fsp3) is 0.200. The van der Waals surface area contributed by atoms with Gasteiger partial charge in [-0.05, 0) is 43.3 Å². The van der Waals surface area contributed by atoms with Crippen molar-refractivity contribution in [2.45, 2.75) is 11.8 Å². The zero-order valence-corrected chi connectivity index (χ0v) is 17.7. The number of carbonyl (C=O) groups excluding carboxylic acids is 1. The molecule has 158 valence electrons. The summed E-state index contributed by atoms with van der Waals surface area (Å²) in [5.41, 5.74) is 5.85. The Labute approximate surface area is 172 Å². The molecule has 0 fully saturated rings. The van der Waals surface area contributed by atoms with Crippen LogP contribution < -0.4 is 25.7 Å². The molecule has 0 atom stereocenters. The van der Waals surface area contributed by atoms with Crippen molar-refractivity contribution in [2.24, 2.45) is 5.73 Å². The van der Waals surface area contributed by atoms with Gasteiger partial charge in [-0.25, -0.2) is 13.2 Å². The van der Waals surface area contributed by atoms with Crippen LogP contribution in [0.5, 0.6) is 11.5 Å². The first-order valence-corrected chi connectivity index (χ1v) is 10.7. The normalized spacial score (nSPS) is 11.3. The highest BCUT2D eigenvalue weighted by Crippen LogP contribution is 2.38. The van der Waals surface area contributed by atoms with Crippen molar-refractivity contribution in [3.05, 3.63) is 52.4 Å². The van der Waals surface area contributed by atoms with E-state index in [0.29, 0.717) is 28.0 Å². The number of rotatable bonds is 5.